The summed E-state index contributed by atoms with van der Waals surface area (Å²) in [6, 6.07) is 3.44. The molecular formula is C8H13N8O7Zn+. The van der Waals surface area contributed by atoms with Gasteiger partial charge < -0.3 is 47.6 Å². The van der Waals surface area contributed by atoms with Crippen molar-refractivity contribution in [2.75, 3.05) is 11.5 Å². The Morgan fingerprint density at radius 1 is 0.708 bits per heavy atom. The summed E-state index contributed by atoms with van der Waals surface area (Å²) in [5, 5.41) is 29.5. The summed E-state index contributed by atoms with van der Waals surface area (Å²) in [7, 11) is 0. The molecule has 24 heavy (non-hydrogen) atoms. The molecule has 0 aromatic carbocycles. The minimum absolute atomic E-state index is 0. The molecule has 0 aliphatic rings. The molecular weight excluding hydrogens is 386 g/mol. The Hall–Kier alpha value is -3.26. The Morgan fingerprint density at radius 3 is 0.958 bits per heavy atom. The first-order chi connectivity index (χ1) is 10.3. The molecule has 16 heteroatoms. The van der Waals surface area contributed by atoms with Crippen molar-refractivity contribution >= 4 is 11.9 Å². The van der Waals surface area contributed by atoms with Gasteiger partial charge in [0.25, 0.3) is 0 Å². The second-order valence-corrected chi connectivity index (χ2v) is 2.66. The Labute approximate surface area is 146 Å². The maximum Gasteiger partial charge on any atom is 2.00 e. The Kier molecular flexibility index (Phi) is 23.7. The van der Waals surface area contributed by atoms with E-state index in [0.717, 1.165) is 0 Å². The summed E-state index contributed by atoms with van der Waals surface area (Å²) < 4.78 is 0. The van der Waals surface area contributed by atoms with Crippen LogP contribution in [0.15, 0.2) is 36.9 Å². The van der Waals surface area contributed by atoms with E-state index in [9.17, 15) is 0 Å². The molecule has 0 fully saturated rings. The van der Waals surface area contributed by atoms with Crippen LogP contribution in [-0.2, 0) is 25.0 Å². The van der Waals surface area contributed by atoms with Crippen LogP contribution in [-0.4, -0.2) is 30.1 Å². The first kappa shape index (κ1) is 28.8. The molecule has 15 nitrogen and oxygen atoms in total. The van der Waals surface area contributed by atoms with Crippen molar-refractivity contribution < 1.29 is 35.1 Å². The maximum atomic E-state index is 8.25. The second-order valence-electron chi connectivity index (χ2n) is 2.66. The van der Waals surface area contributed by atoms with Crippen molar-refractivity contribution in [3.05, 3.63) is 67.6 Å². The van der Waals surface area contributed by atoms with E-state index in [1.54, 1.807) is 36.9 Å². The van der Waals surface area contributed by atoms with E-state index < -0.39 is 10.2 Å². The van der Waals surface area contributed by atoms with Crippen LogP contribution in [0.3, 0.4) is 0 Å². The summed E-state index contributed by atoms with van der Waals surface area (Å²) in [6.07, 6.45) is 6.40. The largest absolute Gasteiger partial charge is 2.00 e. The van der Waals surface area contributed by atoms with Gasteiger partial charge in [-0.15, -0.1) is 0 Å². The van der Waals surface area contributed by atoms with E-state index in [0.29, 0.717) is 11.9 Å². The van der Waals surface area contributed by atoms with Crippen molar-refractivity contribution in [3.8, 4) is 0 Å². The predicted molar refractivity (Wildman–Crippen MR) is 78.5 cm³/mol. The number of nitrogens with zero attached hydrogens (tertiary/aromatic N) is 6. The summed E-state index contributed by atoms with van der Waals surface area (Å²) >= 11 is 0. The van der Waals surface area contributed by atoms with Gasteiger partial charge in [-0.25, -0.2) is 19.9 Å². The Balaban J connectivity index is -0.000000112. The van der Waals surface area contributed by atoms with Gasteiger partial charge in [0.15, 0.2) is 0 Å². The fraction of sp³-hybridized carbons (Fsp3) is 0. The smallest absolute Gasteiger partial charge is 0.457 e. The molecule has 0 aliphatic carbocycles. The number of rotatable bonds is 0. The number of hydrogen-bond donors (Lipinski definition) is 2. The van der Waals surface area contributed by atoms with Crippen LogP contribution in [0.2, 0.25) is 0 Å². The number of aromatic nitrogens is 4. The van der Waals surface area contributed by atoms with Gasteiger partial charge in [0, 0.05) is 24.8 Å². The fourth-order valence-corrected chi connectivity index (χ4v) is 0.621. The molecule has 0 atom stereocenters. The van der Waals surface area contributed by atoms with E-state index in [2.05, 4.69) is 19.9 Å². The van der Waals surface area contributed by atoms with E-state index in [4.69, 9.17) is 42.1 Å². The van der Waals surface area contributed by atoms with Crippen LogP contribution in [0.5, 0.6) is 0 Å². The van der Waals surface area contributed by atoms with E-state index in [1.165, 1.54) is 0 Å². The molecule has 0 amide bonds. The average molecular weight is 399 g/mol. The quantitative estimate of drug-likeness (QED) is 0.227. The molecule has 0 saturated heterocycles. The standard InChI is InChI=1S/2C4H5N3.2NO3.H2O.Zn/c2*5-4-6-2-1-3-7-4;2*2-1(3)4;;/h2*1-3H,(H2,5,6,7);;;1H2;/q;;2*-1;;+2/p+1. The molecule has 0 unspecified atom stereocenters. The topological polar surface area (TPSA) is 269 Å². The Bertz CT molecular complexity index is 477. The summed E-state index contributed by atoms with van der Waals surface area (Å²) in [5.74, 6) is 0.644. The van der Waals surface area contributed by atoms with Gasteiger partial charge in [0.05, 0.1) is 10.2 Å². The normalized spacial score (nSPS) is 7.00. The summed E-state index contributed by atoms with van der Waals surface area (Å²) in [5.41, 5.74) is 10.3. The molecule has 7 N–H and O–H groups in total. The number of nitrogens with two attached hydrogens (primary N) is 2. The minimum Gasteiger partial charge on any atom is -0.457 e. The summed E-state index contributed by atoms with van der Waals surface area (Å²) in [4.78, 5) is 31.1. The van der Waals surface area contributed by atoms with E-state index in [1.807, 2.05) is 0 Å². The van der Waals surface area contributed by atoms with Gasteiger partial charge in [-0.3, -0.25) is 0 Å². The molecule has 0 radical (unpaired) electrons. The van der Waals surface area contributed by atoms with Gasteiger partial charge in [-0.05, 0) is 12.1 Å². The summed E-state index contributed by atoms with van der Waals surface area (Å²) in [6.45, 7) is 0. The van der Waals surface area contributed by atoms with Crippen molar-refractivity contribution in [1.82, 2.24) is 19.9 Å². The molecule has 0 aliphatic heterocycles. The van der Waals surface area contributed by atoms with Crippen LogP contribution >= 0.6 is 0 Å². The molecule has 128 valence electrons. The first-order valence-corrected chi connectivity index (χ1v) is 4.93. The third kappa shape index (κ3) is 36.3. The number of nitrogen functional groups attached to an aromatic ring is 2. The number of hydrogen-bond acceptors (Lipinski definition) is 12. The molecule has 2 aromatic heterocycles. The number of anilines is 2. The third-order valence-electron chi connectivity index (χ3n) is 1.17. The fourth-order valence-electron chi connectivity index (χ4n) is 0.621. The zero-order valence-electron chi connectivity index (χ0n) is 12.0. The second kappa shape index (κ2) is 19.7. The van der Waals surface area contributed by atoms with Gasteiger partial charge in [-0.2, -0.15) is 0 Å². The predicted octanol–water partition coefficient (Wildman–Crippen LogP) is -1.28. The van der Waals surface area contributed by atoms with Crippen LogP contribution < -0.4 is 11.5 Å². The maximum absolute atomic E-state index is 8.25. The van der Waals surface area contributed by atoms with E-state index in [-0.39, 0.29) is 25.0 Å². The van der Waals surface area contributed by atoms with Crippen molar-refractivity contribution in [3.63, 3.8) is 0 Å². The van der Waals surface area contributed by atoms with Crippen molar-refractivity contribution in [1.29, 1.82) is 0 Å². The molecule has 0 bridgehead atoms. The van der Waals surface area contributed by atoms with Gasteiger partial charge >= 0.3 is 19.5 Å². The van der Waals surface area contributed by atoms with Crippen LogP contribution in [0.25, 0.3) is 0 Å². The van der Waals surface area contributed by atoms with Crippen molar-refractivity contribution in [2.24, 2.45) is 0 Å². The van der Waals surface area contributed by atoms with Crippen LogP contribution in [0.4, 0.5) is 11.9 Å². The van der Waals surface area contributed by atoms with Crippen LogP contribution in [0, 0.1) is 30.6 Å². The van der Waals surface area contributed by atoms with Gasteiger partial charge in [0.1, 0.15) is 0 Å². The molecule has 0 spiro atoms. The van der Waals surface area contributed by atoms with E-state index >= 15 is 0 Å². The zero-order valence-corrected chi connectivity index (χ0v) is 15.0. The zero-order chi connectivity index (χ0) is 17.4. The molecule has 2 rings (SSSR count). The van der Waals surface area contributed by atoms with Crippen LogP contribution in [0.1, 0.15) is 0 Å². The molecule has 2 heterocycles. The SMILES string of the molecule is Nc1ncccn1.Nc1ncccn1.O=[N+]([O-])[O-].O=[N+]([O-])[O-].[OH3+].[Zn+2]. The van der Waals surface area contributed by atoms with Gasteiger partial charge in [0.2, 0.25) is 11.9 Å². The molecule has 0 saturated carbocycles. The third-order valence-corrected chi connectivity index (χ3v) is 1.17. The Morgan fingerprint density at radius 2 is 0.875 bits per heavy atom. The monoisotopic (exact) mass is 397 g/mol. The van der Waals surface area contributed by atoms with Gasteiger partial charge in [-0.1, -0.05) is 0 Å². The van der Waals surface area contributed by atoms with Crippen molar-refractivity contribution in [2.45, 2.75) is 0 Å². The first-order valence-electron chi connectivity index (χ1n) is 4.93. The average Bonchev–Trinajstić information content (AvgIpc) is 2.40. The minimum atomic E-state index is -1.75. The molecule has 2 aromatic rings.